The van der Waals surface area contributed by atoms with Crippen LogP contribution in [-0.4, -0.2) is 53.4 Å². The Morgan fingerprint density at radius 3 is 2.24 bits per heavy atom. The molecule has 1 aliphatic rings. The number of halogens is 2. The van der Waals surface area contributed by atoms with Crippen LogP contribution >= 0.6 is 23.2 Å². The highest BCUT2D eigenvalue weighted by atomic mass is 35.5. The van der Waals surface area contributed by atoms with Crippen molar-refractivity contribution >= 4 is 44.9 Å². The summed E-state index contributed by atoms with van der Waals surface area (Å²) in [6.07, 6.45) is -2.28. The SMILES string of the molecule is CC[C@@H](CS(=O)(=O)[C@H](C)C(C)C)N1C(=O)[C@H](CC(=O)O)O[C@H](c2cccc(Cl)c2)[C@H]1c1ccc(Cl)cc1. The smallest absolute Gasteiger partial charge is 0.306 e. The number of carboxylic acids is 1. The molecule has 0 aliphatic carbocycles. The number of nitrogens with zero attached hydrogens (tertiary/aromatic N) is 1. The first-order valence-electron chi connectivity index (χ1n) is 12.3. The molecule has 1 amide bonds. The summed E-state index contributed by atoms with van der Waals surface area (Å²) in [4.78, 5) is 27.0. The molecule has 1 heterocycles. The second-order valence-corrected chi connectivity index (χ2v) is 13.1. The first-order chi connectivity index (χ1) is 17.4. The number of rotatable bonds is 10. The summed E-state index contributed by atoms with van der Waals surface area (Å²) in [5.74, 6) is -2.10. The number of carbonyl (C=O) groups excluding carboxylic acids is 1. The predicted octanol–water partition coefficient (Wildman–Crippen LogP) is 5.72. The van der Waals surface area contributed by atoms with Crippen LogP contribution in [0.25, 0.3) is 0 Å². The molecule has 0 spiro atoms. The molecule has 1 saturated heterocycles. The third-order valence-electron chi connectivity index (χ3n) is 6.97. The van der Waals surface area contributed by atoms with Crippen LogP contribution in [-0.2, 0) is 24.2 Å². The summed E-state index contributed by atoms with van der Waals surface area (Å²) >= 11 is 12.4. The molecule has 1 N–H and O–H groups in total. The van der Waals surface area contributed by atoms with E-state index in [9.17, 15) is 23.1 Å². The Bertz CT molecular complexity index is 1220. The number of morpholine rings is 1. The van der Waals surface area contributed by atoms with Crippen molar-refractivity contribution in [1.29, 1.82) is 0 Å². The molecule has 37 heavy (non-hydrogen) atoms. The van der Waals surface area contributed by atoms with Crippen molar-refractivity contribution in [1.82, 2.24) is 4.90 Å². The summed E-state index contributed by atoms with van der Waals surface area (Å²) in [5.41, 5.74) is 1.33. The average molecular weight is 571 g/mol. The van der Waals surface area contributed by atoms with Gasteiger partial charge in [-0.2, -0.15) is 0 Å². The van der Waals surface area contributed by atoms with Gasteiger partial charge in [0, 0.05) is 16.1 Å². The van der Waals surface area contributed by atoms with E-state index in [0.29, 0.717) is 27.6 Å². The third-order valence-corrected chi connectivity index (χ3v) is 9.98. The zero-order valence-corrected chi connectivity index (χ0v) is 23.6. The maximum atomic E-state index is 13.8. The summed E-state index contributed by atoms with van der Waals surface area (Å²) in [7, 11) is -3.58. The minimum atomic E-state index is -3.58. The lowest BCUT2D eigenvalue weighted by molar-refractivity contribution is -0.182. The largest absolute Gasteiger partial charge is 0.481 e. The number of amides is 1. The van der Waals surface area contributed by atoms with Crippen LogP contribution in [0.1, 0.15) is 63.8 Å². The number of sulfone groups is 1. The van der Waals surface area contributed by atoms with Crippen molar-refractivity contribution in [3.63, 3.8) is 0 Å². The van der Waals surface area contributed by atoms with E-state index in [0.717, 1.165) is 0 Å². The van der Waals surface area contributed by atoms with Crippen molar-refractivity contribution in [3.8, 4) is 0 Å². The molecular formula is C27H33Cl2NO6S. The van der Waals surface area contributed by atoms with Crippen LogP contribution in [0, 0.1) is 5.92 Å². The Morgan fingerprint density at radius 2 is 1.70 bits per heavy atom. The molecular weight excluding hydrogens is 537 g/mol. The van der Waals surface area contributed by atoms with Gasteiger partial charge in [0.25, 0.3) is 5.91 Å². The van der Waals surface area contributed by atoms with Gasteiger partial charge in [0.2, 0.25) is 0 Å². The second-order valence-electron chi connectivity index (χ2n) is 9.78. The highest BCUT2D eigenvalue weighted by Gasteiger charge is 2.48. The van der Waals surface area contributed by atoms with E-state index in [4.69, 9.17) is 27.9 Å². The van der Waals surface area contributed by atoms with Crippen molar-refractivity contribution in [2.45, 2.75) is 70.1 Å². The van der Waals surface area contributed by atoms with E-state index in [1.165, 1.54) is 4.90 Å². The third kappa shape index (κ3) is 6.85. The number of benzene rings is 2. The molecule has 1 aliphatic heterocycles. The molecule has 0 radical (unpaired) electrons. The van der Waals surface area contributed by atoms with Crippen molar-refractivity contribution < 1.29 is 27.9 Å². The van der Waals surface area contributed by atoms with Crippen molar-refractivity contribution in [3.05, 3.63) is 69.7 Å². The summed E-state index contributed by atoms with van der Waals surface area (Å²) in [6.45, 7) is 7.18. The molecule has 7 nitrogen and oxygen atoms in total. The van der Waals surface area contributed by atoms with Crippen LogP contribution in [0.5, 0.6) is 0 Å². The highest BCUT2D eigenvalue weighted by Crippen LogP contribution is 2.45. The van der Waals surface area contributed by atoms with Gasteiger partial charge in [0.1, 0.15) is 12.2 Å². The lowest BCUT2D eigenvalue weighted by Gasteiger charge is -2.48. The van der Waals surface area contributed by atoms with Crippen molar-refractivity contribution in [2.24, 2.45) is 5.92 Å². The van der Waals surface area contributed by atoms with Crippen molar-refractivity contribution in [2.75, 3.05) is 5.75 Å². The fourth-order valence-corrected chi connectivity index (χ4v) is 7.02. The monoisotopic (exact) mass is 569 g/mol. The maximum absolute atomic E-state index is 13.8. The van der Waals surface area contributed by atoms with Gasteiger partial charge >= 0.3 is 5.97 Å². The Kier molecular flexibility index (Phi) is 9.67. The summed E-state index contributed by atoms with van der Waals surface area (Å²) in [5, 5.41) is 9.87. The summed E-state index contributed by atoms with van der Waals surface area (Å²) in [6, 6.07) is 12.4. The van der Waals surface area contributed by atoms with Gasteiger partial charge in [-0.3, -0.25) is 9.59 Å². The molecule has 1 fully saturated rings. The van der Waals surface area contributed by atoms with Crippen LogP contribution < -0.4 is 0 Å². The van der Waals surface area contributed by atoms with E-state index in [1.54, 1.807) is 55.5 Å². The molecule has 2 aromatic rings. The van der Waals surface area contributed by atoms with Gasteiger partial charge in [-0.15, -0.1) is 0 Å². The number of hydrogen-bond acceptors (Lipinski definition) is 5. The number of carboxylic acid groups (broad SMARTS) is 1. The molecule has 0 aromatic heterocycles. The molecule has 0 saturated carbocycles. The summed E-state index contributed by atoms with van der Waals surface area (Å²) < 4.78 is 32.8. The number of carbonyl (C=O) groups is 2. The fraction of sp³-hybridized carbons (Fsp3) is 0.481. The van der Waals surface area contributed by atoms with Crippen LogP contribution in [0.4, 0.5) is 0 Å². The second kappa shape index (κ2) is 12.2. The Hall–Kier alpha value is -2.13. The predicted molar refractivity (Wildman–Crippen MR) is 145 cm³/mol. The number of ether oxygens (including phenoxy) is 1. The molecule has 0 unspecified atom stereocenters. The van der Waals surface area contributed by atoms with E-state index >= 15 is 0 Å². The Morgan fingerprint density at radius 1 is 1.05 bits per heavy atom. The van der Waals surface area contributed by atoms with Gasteiger partial charge in [0.15, 0.2) is 9.84 Å². The van der Waals surface area contributed by atoms with Crippen LogP contribution in [0.3, 0.4) is 0 Å². The van der Waals surface area contributed by atoms with E-state index in [1.807, 2.05) is 20.8 Å². The molecule has 3 rings (SSSR count). The standard InChI is InChI=1S/C27H33Cl2NO6S/c1-5-22(15-37(34,35)17(4)16(2)3)30-25(18-9-11-20(28)12-10-18)26(19-7-6-8-21(29)13-19)36-23(27(30)33)14-24(31)32/h6-13,16-17,22-23,25-26H,5,14-15H2,1-4H3,(H,31,32)/t17-,22+,23+,25-,26-/m1/s1. The first kappa shape index (κ1) is 29.4. The molecule has 202 valence electrons. The van der Waals surface area contributed by atoms with Crippen LogP contribution in [0.2, 0.25) is 10.0 Å². The van der Waals surface area contributed by atoms with Crippen LogP contribution in [0.15, 0.2) is 48.5 Å². The van der Waals surface area contributed by atoms with Gasteiger partial charge in [-0.25, -0.2) is 8.42 Å². The zero-order valence-electron chi connectivity index (χ0n) is 21.3. The average Bonchev–Trinajstić information content (AvgIpc) is 2.83. The maximum Gasteiger partial charge on any atom is 0.306 e. The molecule has 10 heteroatoms. The Labute approximate surface area is 228 Å². The molecule has 5 atom stereocenters. The fourth-order valence-electron chi connectivity index (χ4n) is 4.63. The first-order valence-corrected chi connectivity index (χ1v) is 14.7. The number of hydrogen-bond donors (Lipinski definition) is 1. The topological polar surface area (TPSA) is 101 Å². The number of aliphatic carboxylic acids is 1. The molecule has 0 bridgehead atoms. The normalized spacial score (nSPS) is 22.2. The van der Waals surface area contributed by atoms with E-state index < -0.39 is 57.7 Å². The van der Waals surface area contributed by atoms with Gasteiger partial charge in [-0.1, -0.05) is 68.2 Å². The van der Waals surface area contributed by atoms with E-state index in [-0.39, 0.29) is 11.7 Å². The van der Waals surface area contributed by atoms with Gasteiger partial charge < -0.3 is 14.7 Å². The quantitative estimate of drug-likeness (QED) is 0.393. The van der Waals surface area contributed by atoms with Gasteiger partial charge in [0.05, 0.1) is 23.5 Å². The highest BCUT2D eigenvalue weighted by molar-refractivity contribution is 7.92. The zero-order chi connectivity index (χ0) is 27.5. The minimum Gasteiger partial charge on any atom is -0.481 e. The Balaban J connectivity index is 2.19. The van der Waals surface area contributed by atoms with Gasteiger partial charge in [-0.05, 0) is 54.7 Å². The van der Waals surface area contributed by atoms with E-state index in [2.05, 4.69) is 0 Å². The molecule has 2 aromatic carbocycles. The minimum absolute atomic E-state index is 0.103. The lowest BCUT2D eigenvalue weighted by atomic mass is 9.89. The lowest BCUT2D eigenvalue weighted by Crippen LogP contribution is -2.57.